The van der Waals surface area contributed by atoms with Gasteiger partial charge in [0.1, 0.15) is 23.0 Å². The van der Waals surface area contributed by atoms with Gasteiger partial charge in [-0.3, -0.25) is 4.79 Å². The molecule has 1 N–H and O–H groups in total. The van der Waals surface area contributed by atoms with E-state index in [1.165, 1.54) is 31.4 Å². The van der Waals surface area contributed by atoms with Crippen molar-refractivity contribution in [3.8, 4) is 11.8 Å². The summed E-state index contributed by atoms with van der Waals surface area (Å²) in [6.07, 6.45) is 8.96. The maximum atomic E-state index is 14.0. The highest BCUT2D eigenvalue weighted by Gasteiger charge is 2.61. The van der Waals surface area contributed by atoms with E-state index in [1.54, 1.807) is 6.92 Å². The highest BCUT2D eigenvalue weighted by atomic mass is 19.1. The molecule has 0 aromatic heterocycles. The summed E-state index contributed by atoms with van der Waals surface area (Å²) in [5.74, 6) is 7.42. The van der Waals surface area contributed by atoms with Gasteiger partial charge >= 0.3 is 0 Å². The molecule has 0 spiro atoms. The third-order valence-electron chi connectivity index (χ3n) is 10.6. The molecule has 0 radical (unpaired) electrons. The Morgan fingerprint density at radius 3 is 2.48 bits per heavy atom. The van der Waals surface area contributed by atoms with Crippen molar-refractivity contribution in [3.63, 3.8) is 0 Å². The lowest BCUT2D eigenvalue weighted by atomic mass is 9.44. The zero-order valence-electron chi connectivity index (χ0n) is 20.1. The number of rotatable bonds is 1. The smallest absolute Gasteiger partial charge is 0.141 e. The van der Waals surface area contributed by atoms with Gasteiger partial charge in [0.25, 0.3) is 0 Å². The van der Waals surface area contributed by atoms with Crippen LogP contribution in [0.4, 0.5) is 8.78 Å². The average Bonchev–Trinajstić information content (AvgIpc) is 3.11. The van der Waals surface area contributed by atoms with Gasteiger partial charge in [0, 0.05) is 12.0 Å². The van der Waals surface area contributed by atoms with Crippen molar-refractivity contribution >= 4 is 5.78 Å². The number of benzene rings is 1. The van der Waals surface area contributed by atoms with Crippen molar-refractivity contribution in [1.82, 2.24) is 0 Å². The summed E-state index contributed by atoms with van der Waals surface area (Å²) in [5.41, 5.74) is -0.632. The molecular weight excluding hydrogens is 418 g/mol. The third kappa shape index (κ3) is 3.66. The lowest BCUT2D eigenvalue weighted by Gasteiger charge is -2.61. The van der Waals surface area contributed by atoms with Crippen molar-refractivity contribution in [2.45, 2.75) is 84.2 Å². The average molecular weight is 455 g/mol. The fourth-order valence-electron chi connectivity index (χ4n) is 8.80. The van der Waals surface area contributed by atoms with Gasteiger partial charge in [0.05, 0.1) is 5.56 Å². The SMILES string of the molecule is CC(=O)[C@H]1CC[C@H]2[C@@H]3CCC4CC(O)(C#Cc5ccc(F)cc5F)CC[C@]4(C)[C@H]3CC[C@]12C. The second-order valence-corrected chi connectivity index (χ2v) is 12.1. The predicted molar refractivity (Wildman–Crippen MR) is 124 cm³/mol. The highest BCUT2D eigenvalue weighted by molar-refractivity contribution is 5.79. The zero-order valence-corrected chi connectivity index (χ0v) is 20.1. The number of halogens is 2. The van der Waals surface area contributed by atoms with E-state index in [0.717, 1.165) is 31.7 Å². The normalized spacial score (nSPS) is 44.1. The van der Waals surface area contributed by atoms with E-state index in [-0.39, 0.29) is 22.3 Å². The van der Waals surface area contributed by atoms with Crippen LogP contribution in [0.2, 0.25) is 0 Å². The summed E-state index contributed by atoms with van der Waals surface area (Å²) in [6, 6.07) is 3.38. The van der Waals surface area contributed by atoms with Gasteiger partial charge in [-0.2, -0.15) is 0 Å². The third-order valence-corrected chi connectivity index (χ3v) is 10.6. The maximum absolute atomic E-state index is 14.0. The van der Waals surface area contributed by atoms with Crippen molar-refractivity contribution < 1.29 is 18.7 Å². The van der Waals surface area contributed by atoms with Gasteiger partial charge in [-0.1, -0.05) is 25.7 Å². The summed E-state index contributed by atoms with van der Waals surface area (Å²) in [6.45, 7) is 6.59. The molecule has 4 fully saturated rings. The van der Waals surface area contributed by atoms with Gasteiger partial charge in [-0.15, -0.1) is 0 Å². The molecule has 0 saturated heterocycles. The number of hydrogen-bond donors (Lipinski definition) is 1. The largest absolute Gasteiger partial charge is 0.378 e. The fourth-order valence-corrected chi connectivity index (χ4v) is 8.80. The molecule has 1 aromatic rings. The number of aliphatic hydroxyl groups is 1. The van der Waals surface area contributed by atoms with Gasteiger partial charge < -0.3 is 5.11 Å². The number of hydrogen-bond acceptors (Lipinski definition) is 2. The number of ketones is 1. The highest BCUT2D eigenvalue weighted by Crippen LogP contribution is 2.68. The number of fused-ring (bicyclic) bond motifs is 5. The van der Waals surface area contributed by atoms with Crippen molar-refractivity contribution in [2.24, 2.45) is 40.4 Å². The Balaban J connectivity index is 1.35. The first-order valence-electron chi connectivity index (χ1n) is 12.8. The van der Waals surface area contributed by atoms with Gasteiger partial charge in [-0.25, -0.2) is 8.78 Å². The lowest BCUT2D eigenvalue weighted by Crippen LogP contribution is -2.56. The summed E-state index contributed by atoms with van der Waals surface area (Å²) in [5, 5.41) is 11.3. The standard InChI is InChI=1S/C29H36F2O2/c1-18(32)23-8-9-24-22-7-5-20-17-29(33,13-10-19-4-6-21(30)16-26(19)31)15-14-27(20,2)25(22)11-12-28(23,24)3/h4,6,16,20,22-25,33H,5,7-9,11-12,14-15,17H2,1-3H3/t20?,22-,23+,24-,25-,27-,28+,29?/m0/s1. The van der Waals surface area contributed by atoms with Crippen molar-refractivity contribution in [1.29, 1.82) is 0 Å². The van der Waals surface area contributed by atoms with E-state index in [9.17, 15) is 18.7 Å². The monoisotopic (exact) mass is 454 g/mol. The Kier molecular flexibility index (Phi) is 5.52. The first-order valence-corrected chi connectivity index (χ1v) is 12.8. The summed E-state index contributed by atoms with van der Waals surface area (Å²) < 4.78 is 27.2. The molecule has 2 nitrogen and oxygen atoms in total. The Morgan fingerprint density at radius 2 is 1.76 bits per heavy atom. The molecule has 4 heteroatoms. The minimum absolute atomic E-state index is 0.134. The van der Waals surface area contributed by atoms with E-state index in [1.807, 2.05) is 0 Å². The molecule has 0 heterocycles. The molecule has 0 amide bonds. The van der Waals surface area contributed by atoms with Crippen LogP contribution in [0.15, 0.2) is 18.2 Å². The van der Waals surface area contributed by atoms with Gasteiger partial charge in [-0.05, 0) is 111 Å². The van der Waals surface area contributed by atoms with Crippen molar-refractivity contribution in [3.05, 3.63) is 35.4 Å². The molecule has 5 rings (SSSR count). The Labute approximate surface area is 196 Å². The molecule has 4 saturated carbocycles. The number of carbonyl (C=O) groups excluding carboxylic acids is 1. The molecule has 33 heavy (non-hydrogen) atoms. The van der Waals surface area contributed by atoms with E-state index in [2.05, 4.69) is 25.7 Å². The van der Waals surface area contributed by atoms with E-state index < -0.39 is 17.2 Å². The quantitative estimate of drug-likeness (QED) is 0.506. The summed E-state index contributed by atoms with van der Waals surface area (Å²) in [7, 11) is 0. The van der Waals surface area contributed by atoms with Gasteiger partial charge in [0.2, 0.25) is 0 Å². The second-order valence-electron chi connectivity index (χ2n) is 12.1. The first kappa shape index (κ1) is 23.0. The number of Topliss-reactive ketones (excluding diaryl/α,β-unsaturated/α-hetero) is 1. The molecule has 4 aliphatic carbocycles. The minimum atomic E-state index is -1.12. The van der Waals surface area contributed by atoms with E-state index >= 15 is 0 Å². The Bertz CT molecular complexity index is 1020. The molecular formula is C29H36F2O2. The van der Waals surface area contributed by atoms with Crippen LogP contribution in [0.3, 0.4) is 0 Å². The molecule has 178 valence electrons. The van der Waals surface area contributed by atoms with Crippen LogP contribution in [0, 0.1) is 63.9 Å². The van der Waals surface area contributed by atoms with Crippen molar-refractivity contribution in [2.75, 3.05) is 0 Å². The zero-order chi connectivity index (χ0) is 23.6. The second kappa shape index (κ2) is 7.91. The minimum Gasteiger partial charge on any atom is -0.378 e. The van der Waals surface area contributed by atoms with E-state index in [0.29, 0.717) is 42.3 Å². The summed E-state index contributed by atoms with van der Waals surface area (Å²) >= 11 is 0. The predicted octanol–water partition coefficient (Wildman–Crippen LogP) is 6.30. The molecule has 8 atom stereocenters. The van der Waals surface area contributed by atoms with Crippen LogP contribution < -0.4 is 0 Å². The topological polar surface area (TPSA) is 37.3 Å². The van der Waals surface area contributed by atoms with Crippen LogP contribution in [0.5, 0.6) is 0 Å². The molecule has 1 aromatic carbocycles. The van der Waals surface area contributed by atoms with E-state index in [4.69, 9.17) is 0 Å². The fraction of sp³-hybridized carbons (Fsp3) is 0.690. The first-order chi connectivity index (χ1) is 15.6. The maximum Gasteiger partial charge on any atom is 0.141 e. The lowest BCUT2D eigenvalue weighted by molar-refractivity contribution is -0.144. The van der Waals surface area contributed by atoms with Crippen LogP contribution >= 0.6 is 0 Å². The Hall–Kier alpha value is -1.73. The van der Waals surface area contributed by atoms with Crippen LogP contribution in [0.1, 0.15) is 84.1 Å². The number of carbonyl (C=O) groups is 1. The molecule has 0 bridgehead atoms. The molecule has 0 aliphatic heterocycles. The Morgan fingerprint density at radius 1 is 1.00 bits per heavy atom. The van der Waals surface area contributed by atoms with Crippen LogP contribution in [-0.4, -0.2) is 16.5 Å². The van der Waals surface area contributed by atoms with Gasteiger partial charge in [0.15, 0.2) is 0 Å². The van der Waals surface area contributed by atoms with Crippen LogP contribution in [-0.2, 0) is 4.79 Å². The molecule has 4 aliphatic rings. The van der Waals surface area contributed by atoms with Crippen LogP contribution in [0.25, 0.3) is 0 Å². The molecule has 2 unspecified atom stereocenters. The summed E-state index contributed by atoms with van der Waals surface area (Å²) in [4.78, 5) is 12.3.